The van der Waals surface area contributed by atoms with Gasteiger partial charge in [0.25, 0.3) is 0 Å². The number of aryl methyl sites for hydroxylation is 2. The average molecular weight is 428 g/mol. The number of rotatable bonds is 8. The molecule has 0 spiro atoms. The zero-order valence-electron chi connectivity index (χ0n) is 16.1. The highest BCUT2D eigenvalue weighted by Crippen LogP contribution is 2.48. The predicted octanol–water partition coefficient (Wildman–Crippen LogP) is 5.03. The van der Waals surface area contributed by atoms with Crippen LogP contribution in [0, 0.1) is 13.8 Å². The van der Waals surface area contributed by atoms with Crippen LogP contribution in [-0.4, -0.2) is 10.8 Å². The molecule has 0 atom stereocenters. The maximum Gasteiger partial charge on any atom is 0.230 e. The highest BCUT2D eigenvalue weighted by molar-refractivity contribution is 7.94. The van der Waals surface area contributed by atoms with Gasteiger partial charge in [0.15, 0.2) is 0 Å². The van der Waals surface area contributed by atoms with E-state index in [9.17, 15) is 9.36 Å². The fourth-order valence-electron chi connectivity index (χ4n) is 3.40. The van der Waals surface area contributed by atoms with Crippen molar-refractivity contribution in [3.63, 3.8) is 0 Å². The van der Waals surface area contributed by atoms with Crippen molar-refractivity contribution in [2.24, 2.45) is 0 Å². The largest absolute Gasteiger partial charge is 0.305 e. The molecule has 0 fully saturated rings. The van der Waals surface area contributed by atoms with Crippen LogP contribution in [-0.2, 0) is 19.7 Å². The van der Waals surface area contributed by atoms with Gasteiger partial charge in [-0.15, -0.1) is 4.33 Å². The summed E-state index contributed by atoms with van der Waals surface area (Å²) in [4.78, 5) is 13.7. The molecule has 0 aliphatic heterocycles. The highest BCUT2D eigenvalue weighted by atomic mass is 32.2. The summed E-state index contributed by atoms with van der Waals surface area (Å²) in [5, 5.41) is 12.9. The van der Waals surface area contributed by atoms with Crippen LogP contribution in [0.15, 0.2) is 72.8 Å². The molecule has 0 radical (unpaired) electrons. The van der Waals surface area contributed by atoms with Crippen molar-refractivity contribution in [3.8, 4) is 0 Å². The Morgan fingerprint density at radius 3 is 1.86 bits per heavy atom. The van der Waals surface area contributed by atoms with Crippen LogP contribution in [0.2, 0.25) is 0 Å². The van der Waals surface area contributed by atoms with Gasteiger partial charge in [0.05, 0.1) is 0 Å². The number of carbonyl (C=O) groups is 1. The summed E-state index contributed by atoms with van der Waals surface area (Å²) in [7, 11) is -3.55. The van der Waals surface area contributed by atoms with Gasteiger partial charge in [0, 0.05) is 34.0 Å². The van der Waals surface area contributed by atoms with E-state index in [0.717, 1.165) is 28.7 Å². The van der Waals surface area contributed by atoms with Crippen molar-refractivity contribution in [2.75, 3.05) is 0 Å². The van der Waals surface area contributed by atoms with E-state index >= 15 is 0 Å². The molecular formula is C22H21O5PS. The van der Waals surface area contributed by atoms with Crippen LogP contribution < -0.4 is 10.6 Å². The molecule has 150 valence electrons. The smallest absolute Gasteiger partial charge is 0.230 e. The predicted molar refractivity (Wildman–Crippen MR) is 116 cm³/mol. The highest BCUT2D eigenvalue weighted by Gasteiger charge is 2.37. The Labute approximate surface area is 174 Å². The first-order valence-electron chi connectivity index (χ1n) is 8.94. The molecule has 0 bridgehead atoms. The molecular weight excluding hydrogens is 407 g/mol. The number of hydrogen-bond donors (Lipinski definition) is 1. The molecule has 0 aliphatic carbocycles. The number of carbonyl (C=O) groups excluding carboxylic acids is 1. The van der Waals surface area contributed by atoms with Gasteiger partial charge in [-0.3, -0.25) is 4.79 Å². The minimum atomic E-state index is -3.55. The maximum atomic E-state index is 14.3. The lowest BCUT2D eigenvalue weighted by molar-refractivity contribution is -0.432. The molecule has 0 aliphatic rings. The standard InChI is InChI=1S/C22H21O5PS/c1-16-13-18(15-29-27-26-24)14-17(2)21(16)22(23)28(25,19-9-5-3-6-10-19)20-11-7-4-8-12-20/h3-14,24H,15H2,1-2H3. The fraction of sp³-hybridized carbons (Fsp3) is 0.136. The van der Waals surface area contributed by atoms with Gasteiger partial charge in [-0.25, -0.2) is 5.26 Å². The Balaban J connectivity index is 2.09. The van der Waals surface area contributed by atoms with Crippen LogP contribution in [0.25, 0.3) is 0 Å². The summed E-state index contributed by atoms with van der Waals surface area (Å²) in [6.45, 7) is 3.66. The van der Waals surface area contributed by atoms with E-state index < -0.39 is 7.14 Å². The monoisotopic (exact) mass is 428 g/mol. The molecule has 0 aromatic heterocycles. The zero-order valence-corrected chi connectivity index (χ0v) is 17.8. The molecule has 0 heterocycles. The quantitative estimate of drug-likeness (QED) is 0.178. The van der Waals surface area contributed by atoms with Crippen LogP contribution in [0.1, 0.15) is 27.0 Å². The van der Waals surface area contributed by atoms with Crippen molar-refractivity contribution in [1.82, 2.24) is 0 Å². The molecule has 0 unspecified atom stereocenters. The van der Waals surface area contributed by atoms with Gasteiger partial charge in [-0.2, -0.15) is 0 Å². The van der Waals surface area contributed by atoms with Crippen LogP contribution in [0.4, 0.5) is 0 Å². The lowest BCUT2D eigenvalue weighted by Gasteiger charge is -2.21. The van der Waals surface area contributed by atoms with Crippen LogP contribution in [0.5, 0.6) is 0 Å². The Bertz CT molecular complexity index is 971. The van der Waals surface area contributed by atoms with Crippen molar-refractivity contribution in [1.29, 1.82) is 0 Å². The second-order valence-corrected chi connectivity index (χ2v) is 9.91. The first-order chi connectivity index (χ1) is 14.0. The van der Waals surface area contributed by atoms with Crippen molar-refractivity contribution in [2.45, 2.75) is 19.6 Å². The normalized spacial score (nSPS) is 11.4. The van der Waals surface area contributed by atoms with Gasteiger partial charge in [-0.05, 0) is 30.5 Å². The molecule has 3 aromatic carbocycles. The van der Waals surface area contributed by atoms with E-state index in [1.165, 1.54) is 0 Å². The van der Waals surface area contributed by atoms with Crippen LogP contribution >= 0.6 is 19.2 Å². The lowest BCUT2D eigenvalue weighted by Crippen LogP contribution is -2.23. The molecule has 29 heavy (non-hydrogen) atoms. The average Bonchev–Trinajstić information content (AvgIpc) is 2.74. The van der Waals surface area contributed by atoms with E-state index in [0.29, 0.717) is 21.9 Å². The molecule has 7 heteroatoms. The third-order valence-electron chi connectivity index (χ3n) is 4.64. The summed E-state index contributed by atoms with van der Waals surface area (Å²) >= 11 is 0.925. The van der Waals surface area contributed by atoms with Crippen LogP contribution in [0.3, 0.4) is 0 Å². The minimum Gasteiger partial charge on any atom is -0.305 e. The van der Waals surface area contributed by atoms with E-state index in [4.69, 9.17) is 5.26 Å². The first kappa shape index (κ1) is 21.5. The number of hydrogen-bond acceptors (Lipinski definition) is 6. The zero-order chi connectivity index (χ0) is 20.9. The Kier molecular flexibility index (Phi) is 7.06. The molecule has 0 amide bonds. The second-order valence-electron chi connectivity index (χ2n) is 6.59. The SMILES string of the molecule is Cc1cc(CSOOO)cc(C)c1C(=O)P(=O)(c1ccccc1)c1ccccc1. The van der Waals surface area contributed by atoms with Crippen molar-refractivity contribution < 1.29 is 24.0 Å². The van der Waals surface area contributed by atoms with Gasteiger partial charge >= 0.3 is 0 Å². The third-order valence-corrected chi connectivity index (χ3v) is 8.09. The van der Waals surface area contributed by atoms with E-state index in [1.807, 2.05) is 38.1 Å². The van der Waals surface area contributed by atoms with E-state index in [2.05, 4.69) is 9.37 Å². The summed E-state index contributed by atoms with van der Waals surface area (Å²) in [5.74, 6) is 0.422. The second kappa shape index (κ2) is 9.53. The fourth-order valence-corrected chi connectivity index (χ4v) is 6.42. The number of benzene rings is 3. The van der Waals surface area contributed by atoms with Gasteiger partial charge in [-0.1, -0.05) is 77.8 Å². The van der Waals surface area contributed by atoms with Crippen molar-refractivity contribution >= 4 is 35.3 Å². The third kappa shape index (κ3) is 4.53. The maximum absolute atomic E-state index is 14.3. The van der Waals surface area contributed by atoms with Gasteiger partial charge < -0.3 is 4.57 Å². The summed E-state index contributed by atoms with van der Waals surface area (Å²) in [5.41, 5.74) is 2.46. The molecule has 3 rings (SSSR count). The molecule has 0 saturated carbocycles. The Morgan fingerprint density at radius 2 is 1.41 bits per heavy atom. The first-order valence-corrected chi connectivity index (χ1v) is 11.6. The lowest BCUT2D eigenvalue weighted by atomic mass is 10.0. The molecule has 1 N–H and O–H groups in total. The Morgan fingerprint density at radius 1 is 0.931 bits per heavy atom. The van der Waals surface area contributed by atoms with Crippen molar-refractivity contribution in [3.05, 3.63) is 95.1 Å². The molecule has 5 nitrogen and oxygen atoms in total. The molecule has 0 saturated heterocycles. The minimum absolute atomic E-state index is 0.376. The Hall–Kier alpha value is -2.21. The van der Waals surface area contributed by atoms with E-state index in [1.54, 1.807) is 48.5 Å². The summed E-state index contributed by atoms with van der Waals surface area (Å²) in [6, 6.07) is 21.5. The topological polar surface area (TPSA) is 72.8 Å². The van der Waals surface area contributed by atoms with Gasteiger partial charge in [0.1, 0.15) is 0 Å². The van der Waals surface area contributed by atoms with E-state index in [-0.39, 0.29) is 5.52 Å². The summed E-state index contributed by atoms with van der Waals surface area (Å²) in [6.07, 6.45) is 0. The summed E-state index contributed by atoms with van der Waals surface area (Å²) < 4.78 is 18.7. The van der Waals surface area contributed by atoms with Gasteiger partial charge in [0.2, 0.25) is 12.7 Å². The molecule has 3 aromatic rings.